The molecule has 0 saturated heterocycles. The molecule has 5 heteroatoms. The molecule has 0 spiro atoms. The predicted octanol–water partition coefficient (Wildman–Crippen LogP) is 5.16. The molecule has 0 aliphatic carbocycles. The van der Waals surface area contributed by atoms with Crippen LogP contribution in [0.25, 0.3) is 0 Å². The van der Waals surface area contributed by atoms with Crippen LogP contribution >= 0.6 is 0 Å². The zero-order valence-electron chi connectivity index (χ0n) is 15.0. The van der Waals surface area contributed by atoms with E-state index in [1.54, 1.807) is 13.0 Å². The minimum atomic E-state index is -0.431. The Balaban J connectivity index is 2.16. The molecule has 0 radical (unpaired) electrons. The Morgan fingerprint density at radius 1 is 1.04 bits per heavy atom. The molecule has 24 heavy (non-hydrogen) atoms. The summed E-state index contributed by atoms with van der Waals surface area (Å²) in [5, 5.41) is 13.7. The second kappa shape index (κ2) is 11.6. The fourth-order valence-electron chi connectivity index (χ4n) is 2.74. The van der Waals surface area contributed by atoms with Crippen molar-refractivity contribution in [2.24, 2.45) is 0 Å². The number of nitro benzene ring substituents is 1. The highest BCUT2D eigenvalue weighted by molar-refractivity contribution is 5.94. The number of nitrogens with one attached hydrogen (secondary N) is 1. The second-order valence-electron chi connectivity index (χ2n) is 6.34. The van der Waals surface area contributed by atoms with Gasteiger partial charge >= 0.3 is 0 Å². The first-order chi connectivity index (χ1) is 11.6. The van der Waals surface area contributed by atoms with Crippen LogP contribution in [0.4, 0.5) is 5.69 Å². The Morgan fingerprint density at radius 2 is 1.62 bits per heavy atom. The molecule has 1 aromatic carbocycles. The second-order valence-corrected chi connectivity index (χ2v) is 6.34. The van der Waals surface area contributed by atoms with Crippen molar-refractivity contribution < 1.29 is 9.72 Å². The van der Waals surface area contributed by atoms with Crippen molar-refractivity contribution in [2.45, 2.75) is 71.6 Å². The molecule has 1 rings (SSSR count). The number of benzene rings is 1. The van der Waals surface area contributed by atoms with Crippen LogP contribution in [0, 0.1) is 17.0 Å². The lowest BCUT2D eigenvalue weighted by molar-refractivity contribution is -0.385. The van der Waals surface area contributed by atoms with Crippen LogP contribution in [0.2, 0.25) is 0 Å². The van der Waals surface area contributed by atoms with Crippen LogP contribution in [-0.2, 0) is 0 Å². The smallest absolute Gasteiger partial charge is 0.272 e. The summed E-state index contributed by atoms with van der Waals surface area (Å²) in [6, 6.07) is 4.48. The van der Waals surface area contributed by atoms with Crippen molar-refractivity contribution in [3.05, 3.63) is 39.4 Å². The molecule has 0 aliphatic rings. The fourth-order valence-corrected chi connectivity index (χ4v) is 2.74. The third-order valence-electron chi connectivity index (χ3n) is 4.22. The Kier molecular flexibility index (Phi) is 9.73. The quantitative estimate of drug-likeness (QED) is 0.326. The summed E-state index contributed by atoms with van der Waals surface area (Å²) in [5.74, 6) is -0.160. The molecule has 0 bridgehead atoms. The maximum absolute atomic E-state index is 12.0. The van der Waals surface area contributed by atoms with E-state index < -0.39 is 4.92 Å². The van der Waals surface area contributed by atoms with Gasteiger partial charge in [0, 0.05) is 23.7 Å². The first-order valence-corrected chi connectivity index (χ1v) is 9.09. The third kappa shape index (κ3) is 7.57. The number of aryl methyl sites for hydroxylation is 1. The van der Waals surface area contributed by atoms with Crippen LogP contribution in [-0.4, -0.2) is 17.4 Å². The van der Waals surface area contributed by atoms with E-state index in [-0.39, 0.29) is 11.6 Å². The number of nitro groups is 1. The molecule has 0 unspecified atom stereocenters. The van der Waals surface area contributed by atoms with E-state index in [9.17, 15) is 14.9 Å². The first-order valence-electron chi connectivity index (χ1n) is 9.09. The Bertz CT molecular complexity index is 529. The van der Waals surface area contributed by atoms with E-state index in [0.717, 1.165) is 12.8 Å². The summed E-state index contributed by atoms with van der Waals surface area (Å²) in [5.41, 5.74) is 1.04. The number of carbonyl (C=O) groups excluding carboxylic acids is 1. The zero-order valence-corrected chi connectivity index (χ0v) is 15.0. The Morgan fingerprint density at radius 3 is 2.17 bits per heavy atom. The van der Waals surface area contributed by atoms with Crippen molar-refractivity contribution in [1.82, 2.24) is 5.32 Å². The molecule has 134 valence electrons. The largest absolute Gasteiger partial charge is 0.352 e. The number of hydrogen-bond acceptors (Lipinski definition) is 3. The minimum Gasteiger partial charge on any atom is -0.352 e. The molecule has 0 atom stereocenters. The fraction of sp³-hybridized carbons (Fsp3) is 0.632. The number of unbranched alkanes of at least 4 members (excludes halogenated alkanes) is 8. The van der Waals surface area contributed by atoms with Crippen LogP contribution in [0.15, 0.2) is 18.2 Å². The van der Waals surface area contributed by atoms with E-state index in [2.05, 4.69) is 12.2 Å². The van der Waals surface area contributed by atoms with Crippen LogP contribution in [0.5, 0.6) is 0 Å². The number of nitrogens with zero attached hydrogens (tertiary/aromatic N) is 1. The van der Waals surface area contributed by atoms with E-state index >= 15 is 0 Å². The molecule has 0 aromatic heterocycles. The number of rotatable bonds is 12. The summed E-state index contributed by atoms with van der Waals surface area (Å²) >= 11 is 0. The van der Waals surface area contributed by atoms with Crippen molar-refractivity contribution in [2.75, 3.05) is 6.54 Å². The average Bonchev–Trinajstić information content (AvgIpc) is 2.55. The highest BCUT2D eigenvalue weighted by atomic mass is 16.6. The molecule has 0 saturated carbocycles. The van der Waals surface area contributed by atoms with Gasteiger partial charge < -0.3 is 5.32 Å². The molecular weight excluding hydrogens is 304 g/mol. The number of hydrogen-bond donors (Lipinski definition) is 1. The van der Waals surface area contributed by atoms with E-state index in [4.69, 9.17) is 0 Å². The minimum absolute atomic E-state index is 0.0467. The normalized spacial score (nSPS) is 10.6. The van der Waals surface area contributed by atoms with Gasteiger partial charge in [0.15, 0.2) is 0 Å². The standard InChI is InChI=1S/C19H30N2O3/c1-3-4-5-6-7-8-9-10-11-14-20-19(22)17-12-13-18(21(23)24)16(2)15-17/h12-13,15H,3-11,14H2,1-2H3,(H,20,22). The van der Waals surface area contributed by atoms with Gasteiger partial charge in [-0.1, -0.05) is 58.3 Å². The van der Waals surface area contributed by atoms with Crippen molar-refractivity contribution >= 4 is 11.6 Å². The molecule has 5 nitrogen and oxygen atoms in total. The number of carbonyl (C=O) groups is 1. The molecular formula is C19H30N2O3. The molecule has 0 aliphatic heterocycles. The van der Waals surface area contributed by atoms with Gasteiger partial charge in [0.25, 0.3) is 11.6 Å². The monoisotopic (exact) mass is 334 g/mol. The Labute approximate surface area is 145 Å². The maximum atomic E-state index is 12.0. The van der Waals surface area contributed by atoms with Gasteiger partial charge in [0.1, 0.15) is 0 Å². The van der Waals surface area contributed by atoms with Crippen molar-refractivity contribution in [3.8, 4) is 0 Å². The van der Waals surface area contributed by atoms with Gasteiger partial charge in [-0.3, -0.25) is 14.9 Å². The molecule has 1 N–H and O–H groups in total. The van der Waals surface area contributed by atoms with Crippen LogP contribution in [0.3, 0.4) is 0 Å². The van der Waals surface area contributed by atoms with E-state index in [1.807, 2.05) is 0 Å². The van der Waals surface area contributed by atoms with Gasteiger partial charge in [-0.25, -0.2) is 0 Å². The van der Waals surface area contributed by atoms with Gasteiger partial charge in [-0.2, -0.15) is 0 Å². The number of amides is 1. The molecule has 0 heterocycles. The highest BCUT2D eigenvalue weighted by Crippen LogP contribution is 2.18. The summed E-state index contributed by atoms with van der Waals surface area (Å²) in [7, 11) is 0. The summed E-state index contributed by atoms with van der Waals surface area (Å²) in [4.78, 5) is 22.4. The molecule has 1 aromatic rings. The lowest BCUT2D eigenvalue weighted by atomic mass is 10.1. The third-order valence-corrected chi connectivity index (χ3v) is 4.22. The van der Waals surface area contributed by atoms with Gasteiger partial charge in [-0.15, -0.1) is 0 Å². The summed E-state index contributed by atoms with van der Waals surface area (Å²) < 4.78 is 0. The van der Waals surface area contributed by atoms with E-state index in [1.165, 1.54) is 57.1 Å². The van der Waals surface area contributed by atoms with Crippen molar-refractivity contribution in [1.29, 1.82) is 0 Å². The van der Waals surface area contributed by atoms with Crippen LogP contribution < -0.4 is 5.32 Å². The average molecular weight is 334 g/mol. The topological polar surface area (TPSA) is 72.2 Å². The summed E-state index contributed by atoms with van der Waals surface area (Å²) in [6.07, 6.45) is 11.2. The highest BCUT2D eigenvalue weighted by Gasteiger charge is 2.13. The van der Waals surface area contributed by atoms with Gasteiger partial charge in [-0.05, 0) is 25.5 Å². The van der Waals surface area contributed by atoms with Crippen molar-refractivity contribution in [3.63, 3.8) is 0 Å². The van der Waals surface area contributed by atoms with Crippen LogP contribution in [0.1, 0.15) is 80.6 Å². The van der Waals surface area contributed by atoms with Gasteiger partial charge in [0.2, 0.25) is 0 Å². The van der Waals surface area contributed by atoms with Gasteiger partial charge in [0.05, 0.1) is 4.92 Å². The SMILES string of the molecule is CCCCCCCCCCCNC(=O)c1ccc([N+](=O)[O-])c(C)c1. The Hall–Kier alpha value is -1.91. The predicted molar refractivity (Wildman–Crippen MR) is 97.4 cm³/mol. The maximum Gasteiger partial charge on any atom is 0.272 e. The lowest BCUT2D eigenvalue weighted by Gasteiger charge is -2.06. The lowest BCUT2D eigenvalue weighted by Crippen LogP contribution is -2.24. The zero-order chi connectivity index (χ0) is 17.8. The molecule has 1 amide bonds. The summed E-state index contributed by atoms with van der Waals surface area (Å²) in [6.45, 7) is 4.53. The molecule has 0 fully saturated rings. The first kappa shape index (κ1) is 20.1. The van der Waals surface area contributed by atoms with E-state index in [0.29, 0.717) is 17.7 Å².